The van der Waals surface area contributed by atoms with Gasteiger partial charge in [0.1, 0.15) is 0 Å². The lowest BCUT2D eigenvalue weighted by molar-refractivity contribution is 0.0955. The largest absolute Gasteiger partial charge is 0.366 e. The average molecular weight is 432 g/mol. The van der Waals surface area contributed by atoms with Crippen LogP contribution in [0.3, 0.4) is 0 Å². The van der Waals surface area contributed by atoms with Crippen LogP contribution in [0.15, 0.2) is 35.4 Å². The number of carbonyl (C=O) groups is 1. The molecule has 1 aliphatic heterocycles. The van der Waals surface area contributed by atoms with Gasteiger partial charge in [-0.15, -0.1) is 0 Å². The highest BCUT2D eigenvalue weighted by molar-refractivity contribution is 6.36. The number of amides is 1. The van der Waals surface area contributed by atoms with Gasteiger partial charge < -0.3 is 4.90 Å². The van der Waals surface area contributed by atoms with E-state index in [-0.39, 0.29) is 11.4 Å². The van der Waals surface area contributed by atoms with Crippen molar-refractivity contribution in [3.8, 4) is 0 Å². The van der Waals surface area contributed by atoms with E-state index in [9.17, 15) is 4.79 Å². The minimum absolute atomic E-state index is 0.134. The highest BCUT2D eigenvalue weighted by Crippen LogP contribution is 2.44. The molecule has 0 bridgehead atoms. The molecular weight excluding hydrogens is 405 g/mol. The molecule has 0 saturated carbocycles. The first-order valence-corrected chi connectivity index (χ1v) is 10.6. The van der Waals surface area contributed by atoms with Gasteiger partial charge in [0.25, 0.3) is 5.91 Å². The third kappa shape index (κ3) is 4.44. The van der Waals surface area contributed by atoms with Gasteiger partial charge in [0, 0.05) is 22.8 Å². The number of fused-ring (bicyclic) bond motifs is 1. The number of carbonyl (C=O) groups excluding carboxylic acids is 1. The van der Waals surface area contributed by atoms with Crippen molar-refractivity contribution in [2.24, 2.45) is 5.10 Å². The van der Waals surface area contributed by atoms with Crippen LogP contribution in [0.25, 0.3) is 0 Å². The first-order chi connectivity index (χ1) is 13.6. The molecule has 0 spiro atoms. The van der Waals surface area contributed by atoms with E-state index in [1.165, 1.54) is 17.3 Å². The Morgan fingerprint density at radius 2 is 2.03 bits per heavy atom. The molecule has 4 nitrogen and oxygen atoms in total. The summed E-state index contributed by atoms with van der Waals surface area (Å²) < 4.78 is 0. The van der Waals surface area contributed by atoms with E-state index in [2.05, 4.69) is 62.2 Å². The van der Waals surface area contributed by atoms with Gasteiger partial charge in [-0.2, -0.15) is 5.10 Å². The fourth-order valence-corrected chi connectivity index (χ4v) is 4.78. The molecule has 0 fully saturated rings. The van der Waals surface area contributed by atoms with Gasteiger partial charge in [-0.05, 0) is 87.1 Å². The van der Waals surface area contributed by atoms with Crippen LogP contribution in [-0.2, 0) is 0 Å². The maximum absolute atomic E-state index is 12.3. The summed E-state index contributed by atoms with van der Waals surface area (Å²) in [5.74, 6) is 0.0869. The van der Waals surface area contributed by atoms with Gasteiger partial charge >= 0.3 is 0 Å². The second kappa shape index (κ2) is 8.37. The summed E-state index contributed by atoms with van der Waals surface area (Å²) in [5, 5.41) is 4.94. The Morgan fingerprint density at radius 1 is 1.31 bits per heavy atom. The van der Waals surface area contributed by atoms with Crippen molar-refractivity contribution in [2.45, 2.75) is 52.5 Å². The summed E-state index contributed by atoms with van der Waals surface area (Å²) >= 11 is 12.0. The number of aryl methyl sites for hydroxylation is 1. The Hall–Kier alpha value is -2.04. The van der Waals surface area contributed by atoms with Crippen molar-refractivity contribution in [3.05, 3.63) is 62.6 Å². The highest BCUT2D eigenvalue weighted by atomic mass is 35.5. The summed E-state index contributed by atoms with van der Waals surface area (Å²) in [6, 6.07) is 9.18. The third-order valence-electron chi connectivity index (χ3n) is 5.64. The van der Waals surface area contributed by atoms with E-state index < -0.39 is 0 Å². The summed E-state index contributed by atoms with van der Waals surface area (Å²) in [4.78, 5) is 14.8. The van der Waals surface area contributed by atoms with Crippen molar-refractivity contribution in [3.63, 3.8) is 0 Å². The van der Waals surface area contributed by atoms with E-state index in [4.69, 9.17) is 23.2 Å². The number of hydrogen-bond donors (Lipinski definition) is 1. The lowest BCUT2D eigenvalue weighted by Crippen LogP contribution is -2.48. The minimum atomic E-state index is -0.370. The molecule has 3 rings (SSSR count). The van der Waals surface area contributed by atoms with Crippen LogP contribution in [0.2, 0.25) is 10.0 Å². The average Bonchev–Trinajstić information content (AvgIpc) is 2.62. The summed E-state index contributed by atoms with van der Waals surface area (Å²) in [7, 11) is 0. The second-order valence-electron chi connectivity index (χ2n) is 8.25. The Kier molecular flexibility index (Phi) is 6.25. The van der Waals surface area contributed by atoms with E-state index in [0.717, 1.165) is 24.1 Å². The van der Waals surface area contributed by atoms with E-state index in [1.807, 2.05) is 0 Å². The van der Waals surface area contributed by atoms with Crippen LogP contribution < -0.4 is 10.3 Å². The number of hydrogen-bond acceptors (Lipinski definition) is 3. The Balaban J connectivity index is 1.83. The first-order valence-electron chi connectivity index (χ1n) is 9.84. The van der Waals surface area contributed by atoms with Crippen LogP contribution in [0.4, 0.5) is 5.69 Å². The molecule has 0 radical (unpaired) electrons. The molecule has 29 heavy (non-hydrogen) atoms. The van der Waals surface area contributed by atoms with Crippen LogP contribution in [0.1, 0.15) is 67.1 Å². The molecule has 154 valence electrons. The molecule has 1 amide bonds. The molecule has 0 aliphatic carbocycles. The van der Waals surface area contributed by atoms with Crippen molar-refractivity contribution in [1.29, 1.82) is 0 Å². The van der Waals surface area contributed by atoms with Crippen LogP contribution >= 0.6 is 23.2 Å². The molecule has 0 saturated heterocycles. The number of benzene rings is 2. The summed E-state index contributed by atoms with van der Waals surface area (Å²) in [6.07, 6.45) is 2.79. The number of nitrogens with one attached hydrogen (secondary N) is 1. The Morgan fingerprint density at radius 3 is 2.69 bits per heavy atom. The number of hydrazone groups is 1. The topological polar surface area (TPSA) is 44.7 Å². The lowest BCUT2D eigenvalue weighted by atomic mass is 9.79. The van der Waals surface area contributed by atoms with E-state index in [1.54, 1.807) is 18.3 Å². The number of nitrogens with zero attached hydrogens (tertiary/aromatic N) is 2. The Bertz CT molecular complexity index is 969. The van der Waals surface area contributed by atoms with Crippen LogP contribution in [0.5, 0.6) is 0 Å². The van der Waals surface area contributed by atoms with E-state index >= 15 is 0 Å². The van der Waals surface area contributed by atoms with Crippen molar-refractivity contribution < 1.29 is 4.79 Å². The lowest BCUT2D eigenvalue weighted by Gasteiger charge is -2.47. The van der Waals surface area contributed by atoms with Gasteiger partial charge in [-0.3, -0.25) is 4.79 Å². The summed E-state index contributed by atoms with van der Waals surface area (Å²) in [5.41, 5.74) is 7.76. The molecule has 2 aromatic rings. The van der Waals surface area contributed by atoms with Gasteiger partial charge in [-0.25, -0.2) is 5.43 Å². The number of rotatable bonds is 4. The van der Waals surface area contributed by atoms with Crippen LogP contribution in [-0.4, -0.2) is 24.2 Å². The molecule has 6 heteroatoms. The predicted octanol–water partition coefficient (Wildman–Crippen LogP) is 6.18. The van der Waals surface area contributed by atoms with Crippen LogP contribution in [0, 0.1) is 6.92 Å². The van der Waals surface area contributed by atoms with E-state index in [0.29, 0.717) is 21.5 Å². The molecular formula is C23H27Cl2N3O. The third-order valence-corrected chi connectivity index (χ3v) is 6.18. The van der Waals surface area contributed by atoms with Gasteiger partial charge in [0.15, 0.2) is 0 Å². The van der Waals surface area contributed by atoms with Crippen molar-refractivity contribution >= 4 is 41.0 Å². The van der Waals surface area contributed by atoms with Crippen molar-refractivity contribution in [2.75, 3.05) is 11.4 Å². The molecule has 0 aromatic heterocycles. The zero-order valence-corrected chi connectivity index (χ0v) is 19.0. The molecule has 2 aromatic carbocycles. The van der Waals surface area contributed by atoms with Gasteiger partial charge in [0.05, 0.1) is 16.8 Å². The quantitative estimate of drug-likeness (QED) is 0.463. The monoisotopic (exact) mass is 431 g/mol. The Labute approximate surface area is 182 Å². The molecule has 1 N–H and O–H groups in total. The zero-order valence-electron chi connectivity index (χ0n) is 17.5. The first kappa shape index (κ1) is 21.7. The van der Waals surface area contributed by atoms with Gasteiger partial charge in [-0.1, -0.05) is 30.1 Å². The molecule has 1 heterocycles. The maximum atomic E-state index is 12.3. The molecule has 1 atom stereocenters. The standard InChI is InChI=1S/C23H27Cl2N3O/c1-6-28-21-9-14(2)16(10-19(21)15(3)12-23(28,4)5)13-26-27-22(29)18-8-7-17(24)11-20(18)25/h7-11,13,15H,6,12H2,1-5H3,(H,27,29)/b26-13-. The zero-order chi connectivity index (χ0) is 21.3. The number of anilines is 1. The fourth-order valence-electron chi connectivity index (χ4n) is 4.28. The van der Waals surface area contributed by atoms with Gasteiger partial charge in [0.2, 0.25) is 0 Å². The SMILES string of the molecule is CCN1c2cc(C)c(/C=N\NC(=O)c3ccc(Cl)cc3Cl)cc2C(C)CC1(C)C. The number of halogens is 2. The summed E-state index contributed by atoms with van der Waals surface area (Å²) in [6.45, 7) is 12.1. The molecule has 1 unspecified atom stereocenters. The van der Waals surface area contributed by atoms with Crippen molar-refractivity contribution in [1.82, 2.24) is 5.43 Å². The molecule has 1 aliphatic rings. The smallest absolute Gasteiger partial charge is 0.272 e. The highest BCUT2D eigenvalue weighted by Gasteiger charge is 2.35. The normalized spacial score (nSPS) is 18.0. The minimum Gasteiger partial charge on any atom is -0.366 e. The predicted molar refractivity (Wildman–Crippen MR) is 123 cm³/mol. The fraction of sp³-hybridized carbons (Fsp3) is 0.391. The second-order valence-corrected chi connectivity index (χ2v) is 9.10. The maximum Gasteiger partial charge on any atom is 0.272 e.